The Morgan fingerprint density at radius 1 is 1.65 bits per heavy atom. The molecule has 2 rings (SSSR count). The van der Waals surface area contributed by atoms with Crippen LogP contribution < -0.4 is 0 Å². The molecule has 0 aliphatic carbocycles. The SMILES string of the molecule is CN(CC(=O)c1cccs1)CC1CCCN1C. The molecule has 1 aromatic heterocycles. The van der Waals surface area contributed by atoms with Gasteiger partial charge in [-0.25, -0.2) is 0 Å². The summed E-state index contributed by atoms with van der Waals surface area (Å²) >= 11 is 1.53. The number of Topliss-reactive ketones (excluding diaryl/α,β-unsaturated/α-hetero) is 1. The lowest BCUT2D eigenvalue weighted by molar-refractivity contribution is 0.0936. The molecular formula is C13H20N2OS. The van der Waals surface area contributed by atoms with Crippen molar-refractivity contribution in [1.82, 2.24) is 9.80 Å². The number of carbonyl (C=O) groups is 1. The summed E-state index contributed by atoms with van der Waals surface area (Å²) in [5.74, 6) is 0.239. The first-order valence-electron chi connectivity index (χ1n) is 6.12. The van der Waals surface area contributed by atoms with E-state index >= 15 is 0 Å². The predicted octanol–water partition coefficient (Wildman–Crippen LogP) is 1.96. The molecule has 3 nitrogen and oxygen atoms in total. The van der Waals surface area contributed by atoms with E-state index in [0.29, 0.717) is 12.6 Å². The Labute approximate surface area is 107 Å². The fraction of sp³-hybridized carbons (Fsp3) is 0.615. The minimum Gasteiger partial charge on any atom is -0.302 e. The Morgan fingerprint density at radius 2 is 2.47 bits per heavy atom. The number of hydrogen-bond donors (Lipinski definition) is 0. The molecule has 4 heteroatoms. The third kappa shape index (κ3) is 3.37. The maximum Gasteiger partial charge on any atom is 0.186 e. The molecule has 1 aliphatic rings. The Hall–Kier alpha value is -0.710. The second kappa shape index (κ2) is 5.76. The van der Waals surface area contributed by atoms with E-state index in [2.05, 4.69) is 16.8 Å². The quantitative estimate of drug-likeness (QED) is 0.748. The second-order valence-electron chi connectivity index (χ2n) is 4.87. The van der Waals surface area contributed by atoms with Crippen molar-refractivity contribution in [2.75, 3.05) is 33.7 Å². The Bertz CT molecular complexity index is 364. The van der Waals surface area contributed by atoms with Crippen LogP contribution in [-0.4, -0.2) is 55.4 Å². The van der Waals surface area contributed by atoms with E-state index in [1.54, 1.807) is 0 Å². The zero-order valence-corrected chi connectivity index (χ0v) is 11.4. The minimum absolute atomic E-state index is 0.239. The van der Waals surface area contributed by atoms with E-state index in [9.17, 15) is 4.79 Å². The lowest BCUT2D eigenvalue weighted by Gasteiger charge is -2.25. The lowest BCUT2D eigenvalue weighted by atomic mass is 10.2. The maximum atomic E-state index is 11.9. The molecule has 2 heterocycles. The van der Waals surface area contributed by atoms with E-state index in [1.165, 1.54) is 30.7 Å². The molecule has 0 radical (unpaired) electrons. The number of ketones is 1. The van der Waals surface area contributed by atoms with Crippen molar-refractivity contribution in [2.45, 2.75) is 18.9 Å². The summed E-state index contributed by atoms with van der Waals surface area (Å²) in [5.41, 5.74) is 0. The topological polar surface area (TPSA) is 23.6 Å². The average molecular weight is 252 g/mol. The molecule has 94 valence electrons. The van der Waals surface area contributed by atoms with Gasteiger partial charge in [0, 0.05) is 12.6 Å². The number of thiophene rings is 1. The van der Waals surface area contributed by atoms with Crippen molar-refractivity contribution in [3.8, 4) is 0 Å². The average Bonchev–Trinajstić information content (AvgIpc) is 2.90. The zero-order valence-electron chi connectivity index (χ0n) is 10.6. The van der Waals surface area contributed by atoms with Crippen molar-refractivity contribution in [3.05, 3.63) is 22.4 Å². The largest absolute Gasteiger partial charge is 0.302 e. The van der Waals surface area contributed by atoms with Gasteiger partial charge in [0.1, 0.15) is 0 Å². The number of hydrogen-bond acceptors (Lipinski definition) is 4. The van der Waals surface area contributed by atoms with Crippen LogP contribution in [0.25, 0.3) is 0 Å². The van der Waals surface area contributed by atoms with Gasteiger partial charge in [-0.2, -0.15) is 0 Å². The standard InChI is InChI=1S/C13H20N2OS/c1-14(9-11-5-3-7-15(11)2)10-12(16)13-6-4-8-17-13/h4,6,8,11H,3,5,7,9-10H2,1-2H3. The van der Waals surface area contributed by atoms with Gasteiger partial charge >= 0.3 is 0 Å². The van der Waals surface area contributed by atoms with Crippen molar-refractivity contribution in [3.63, 3.8) is 0 Å². The highest BCUT2D eigenvalue weighted by Gasteiger charge is 2.22. The molecule has 0 spiro atoms. The molecular weight excluding hydrogens is 232 g/mol. The van der Waals surface area contributed by atoms with Crippen molar-refractivity contribution < 1.29 is 4.79 Å². The monoisotopic (exact) mass is 252 g/mol. The minimum atomic E-state index is 0.239. The fourth-order valence-corrected chi connectivity index (χ4v) is 3.05. The van der Waals surface area contributed by atoms with Crippen LogP contribution in [-0.2, 0) is 0 Å². The van der Waals surface area contributed by atoms with Crippen molar-refractivity contribution in [2.24, 2.45) is 0 Å². The number of rotatable bonds is 5. The number of nitrogens with zero attached hydrogens (tertiary/aromatic N) is 2. The molecule has 17 heavy (non-hydrogen) atoms. The van der Waals surface area contributed by atoms with Gasteiger partial charge in [-0.3, -0.25) is 9.69 Å². The molecule has 1 saturated heterocycles. The Morgan fingerprint density at radius 3 is 3.06 bits per heavy atom. The van der Waals surface area contributed by atoms with Crippen LogP contribution >= 0.6 is 11.3 Å². The van der Waals surface area contributed by atoms with Gasteiger partial charge in [-0.1, -0.05) is 6.07 Å². The molecule has 1 fully saturated rings. The summed E-state index contributed by atoms with van der Waals surface area (Å²) in [6.45, 7) is 2.72. The van der Waals surface area contributed by atoms with Crippen LogP contribution in [0.2, 0.25) is 0 Å². The van der Waals surface area contributed by atoms with Gasteiger partial charge in [0.25, 0.3) is 0 Å². The molecule has 1 atom stereocenters. The Balaban J connectivity index is 1.81. The summed E-state index contributed by atoms with van der Waals surface area (Å²) in [5, 5.41) is 1.96. The molecule has 1 unspecified atom stereocenters. The number of carbonyl (C=O) groups excluding carboxylic acids is 1. The molecule has 0 bridgehead atoms. The van der Waals surface area contributed by atoms with Crippen LogP contribution in [0, 0.1) is 0 Å². The van der Waals surface area contributed by atoms with Gasteiger partial charge in [-0.05, 0) is 44.9 Å². The summed E-state index contributed by atoms with van der Waals surface area (Å²) in [6.07, 6.45) is 2.54. The molecule has 0 N–H and O–H groups in total. The highest BCUT2D eigenvalue weighted by atomic mass is 32.1. The van der Waals surface area contributed by atoms with E-state index < -0.39 is 0 Å². The second-order valence-corrected chi connectivity index (χ2v) is 5.82. The summed E-state index contributed by atoms with van der Waals surface area (Å²) < 4.78 is 0. The lowest BCUT2D eigenvalue weighted by Crippen LogP contribution is -2.38. The van der Waals surface area contributed by atoms with E-state index in [1.807, 2.05) is 24.6 Å². The Kier molecular flexibility index (Phi) is 4.31. The molecule has 0 amide bonds. The van der Waals surface area contributed by atoms with Crippen LogP contribution in [0.4, 0.5) is 0 Å². The van der Waals surface area contributed by atoms with Crippen molar-refractivity contribution >= 4 is 17.1 Å². The van der Waals surface area contributed by atoms with E-state index in [4.69, 9.17) is 0 Å². The summed E-state index contributed by atoms with van der Waals surface area (Å²) in [7, 11) is 4.21. The maximum absolute atomic E-state index is 11.9. The summed E-state index contributed by atoms with van der Waals surface area (Å²) in [6, 6.07) is 4.46. The number of likely N-dealkylation sites (tertiary alicyclic amines) is 1. The first kappa shape index (κ1) is 12.7. The molecule has 1 aromatic rings. The smallest absolute Gasteiger partial charge is 0.186 e. The zero-order chi connectivity index (χ0) is 12.3. The van der Waals surface area contributed by atoms with Crippen LogP contribution in [0.3, 0.4) is 0 Å². The van der Waals surface area contributed by atoms with Crippen LogP contribution in [0.5, 0.6) is 0 Å². The number of likely N-dealkylation sites (N-methyl/N-ethyl adjacent to an activating group) is 2. The van der Waals surface area contributed by atoms with Gasteiger partial charge in [0.05, 0.1) is 11.4 Å². The van der Waals surface area contributed by atoms with E-state index in [0.717, 1.165) is 11.4 Å². The summed E-state index contributed by atoms with van der Waals surface area (Å²) in [4.78, 5) is 17.3. The first-order chi connectivity index (χ1) is 8.16. The third-order valence-corrected chi connectivity index (χ3v) is 4.31. The van der Waals surface area contributed by atoms with Crippen LogP contribution in [0.1, 0.15) is 22.5 Å². The van der Waals surface area contributed by atoms with Gasteiger partial charge in [0.15, 0.2) is 5.78 Å². The van der Waals surface area contributed by atoms with Gasteiger partial charge in [-0.15, -0.1) is 11.3 Å². The third-order valence-electron chi connectivity index (χ3n) is 3.40. The van der Waals surface area contributed by atoms with E-state index in [-0.39, 0.29) is 5.78 Å². The normalized spacial score (nSPS) is 21.2. The van der Waals surface area contributed by atoms with Gasteiger partial charge < -0.3 is 4.90 Å². The fourth-order valence-electron chi connectivity index (χ4n) is 2.39. The highest BCUT2D eigenvalue weighted by molar-refractivity contribution is 7.12. The van der Waals surface area contributed by atoms with Crippen LogP contribution in [0.15, 0.2) is 17.5 Å². The highest BCUT2D eigenvalue weighted by Crippen LogP contribution is 2.16. The molecule has 1 aliphatic heterocycles. The molecule has 0 saturated carbocycles. The molecule has 0 aromatic carbocycles. The van der Waals surface area contributed by atoms with Crippen molar-refractivity contribution in [1.29, 1.82) is 0 Å². The predicted molar refractivity (Wildman–Crippen MR) is 71.8 cm³/mol. The first-order valence-corrected chi connectivity index (χ1v) is 7.00. The van der Waals surface area contributed by atoms with Gasteiger partial charge in [0.2, 0.25) is 0 Å².